The van der Waals surface area contributed by atoms with Gasteiger partial charge >= 0.3 is 6.03 Å². The molecule has 19 heavy (non-hydrogen) atoms. The first-order chi connectivity index (χ1) is 8.99. The van der Waals surface area contributed by atoms with Crippen molar-refractivity contribution in [3.8, 4) is 0 Å². The minimum atomic E-state index is -0.620. The van der Waals surface area contributed by atoms with Crippen molar-refractivity contribution in [3.05, 3.63) is 0 Å². The molecule has 0 aromatic rings. The molecule has 1 aliphatic rings. The van der Waals surface area contributed by atoms with Gasteiger partial charge in [0.1, 0.15) is 5.84 Å². The number of amidine groups is 1. The monoisotopic (exact) mass is 268 g/mol. The average molecular weight is 268 g/mol. The van der Waals surface area contributed by atoms with E-state index in [0.717, 1.165) is 32.1 Å². The largest absolute Gasteiger partial charge is 0.386 e. The molecule has 0 aromatic carbocycles. The van der Waals surface area contributed by atoms with Crippen LogP contribution in [0, 0.1) is 11.3 Å². The molecular weight excluding hydrogens is 240 g/mol. The van der Waals surface area contributed by atoms with Crippen molar-refractivity contribution < 1.29 is 4.79 Å². The van der Waals surface area contributed by atoms with Gasteiger partial charge in [-0.3, -0.25) is 5.41 Å². The Kier molecular flexibility index (Phi) is 5.63. The molecule has 0 heterocycles. The second-order valence-corrected chi connectivity index (χ2v) is 5.45. The summed E-state index contributed by atoms with van der Waals surface area (Å²) in [5.41, 5.74) is 5.15. The molecule has 0 atom stereocenters. The summed E-state index contributed by atoms with van der Waals surface area (Å²) in [6.07, 6.45) is 4.81. The third kappa shape index (κ3) is 3.61. The maximum absolute atomic E-state index is 12.2. The van der Waals surface area contributed by atoms with E-state index < -0.39 is 5.54 Å². The van der Waals surface area contributed by atoms with Gasteiger partial charge in [-0.05, 0) is 45.4 Å². The molecule has 5 heteroatoms. The Labute approximate surface area is 116 Å². The lowest BCUT2D eigenvalue weighted by Gasteiger charge is -2.40. The average Bonchev–Trinajstić information content (AvgIpc) is 2.40. The first kappa shape index (κ1) is 15.8. The van der Waals surface area contributed by atoms with Crippen molar-refractivity contribution in [1.29, 1.82) is 5.41 Å². The zero-order valence-corrected chi connectivity index (χ0v) is 12.5. The predicted octanol–water partition coefficient (Wildman–Crippen LogP) is 2.31. The highest BCUT2D eigenvalue weighted by Gasteiger charge is 2.39. The summed E-state index contributed by atoms with van der Waals surface area (Å²) >= 11 is 0. The van der Waals surface area contributed by atoms with Crippen molar-refractivity contribution >= 4 is 11.9 Å². The molecule has 0 radical (unpaired) electrons. The molecule has 110 valence electrons. The fraction of sp³-hybridized carbons (Fsp3) is 0.857. The number of rotatable bonds is 5. The van der Waals surface area contributed by atoms with Crippen LogP contribution in [0.2, 0.25) is 0 Å². The van der Waals surface area contributed by atoms with Crippen molar-refractivity contribution in [1.82, 2.24) is 10.2 Å². The normalized spacial score (nSPS) is 26.8. The van der Waals surface area contributed by atoms with Crippen molar-refractivity contribution in [2.45, 2.75) is 58.4 Å². The minimum Gasteiger partial charge on any atom is -0.386 e. The molecule has 1 aliphatic carbocycles. The van der Waals surface area contributed by atoms with Gasteiger partial charge in [0.15, 0.2) is 0 Å². The smallest absolute Gasteiger partial charge is 0.318 e. The van der Waals surface area contributed by atoms with E-state index >= 15 is 0 Å². The Balaban J connectivity index is 2.74. The fourth-order valence-corrected chi connectivity index (χ4v) is 2.83. The number of nitrogens with zero attached hydrogens (tertiary/aromatic N) is 1. The molecule has 2 amide bonds. The van der Waals surface area contributed by atoms with Crippen molar-refractivity contribution in [2.24, 2.45) is 11.7 Å². The molecule has 0 unspecified atom stereocenters. The highest BCUT2D eigenvalue weighted by Crippen LogP contribution is 2.33. The van der Waals surface area contributed by atoms with Gasteiger partial charge in [0.25, 0.3) is 0 Å². The van der Waals surface area contributed by atoms with Gasteiger partial charge in [-0.15, -0.1) is 0 Å². The van der Waals surface area contributed by atoms with Crippen molar-refractivity contribution in [3.63, 3.8) is 0 Å². The number of amides is 2. The molecule has 0 saturated heterocycles. The van der Waals surface area contributed by atoms with Gasteiger partial charge in [0.05, 0.1) is 5.54 Å². The highest BCUT2D eigenvalue weighted by atomic mass is 16.2. The Morgan fingerprint density at radius 3 is 2.21 bits per heavy atom. The van der Waals surface area contributed by atoms with E-state index in [0.29, 0.717) is 19.0 Å². The van der Waals surface area contributed by atoms with Gasteiger partial charge in [-0.25, -0.2) is 4.79 Å². The van der Waals surface area contributed by atoms with Crippen LogP contribution in [0.3, 0.4) is 0 Å². The lowest BCUT2D eigenvalue weighted by atomic mass is 9.75. The zero-order chi connectivity index (χ0) is 14.5. The Morgan fingerprint density at radius 2 is 1.84 bits per heavy atom. The van der Waals surface area contributed by atoms with Crippen LogP contribution in [-0.4, -0.2) is 35.4 Å². The maximum Gasteiger partial charge on any atom is 0.318 e. The van der Waals surface area contributed by atoms with E-state index in [9.17, 15) is 4.79 Å². The van der Waals surface area contributed by atoms with Gasteiger partial charge in [0, 0.05) is 13.1 Å². The van der Waals surface area contributed by atoms with E-state index in [-0.39, 0.29) is 11.9 Å². The summed E-state index contributed by atoms with van der Waals surface area (Å²) in [6.45, 7) is 7.46. The highest BCUT2D eigenvalue weighted by molar-refractivity contribution is 5.91. The minimum absolute atomic E-state index is 0.0996. The summed E-state index contributed by atoms with van der Waals surface area (Å²) in [5.74, 6) is 0.806. The third-order valence-corrected chi connectivity index (χ3v) is 4.45. The maximum atomic E-state index is 12.2. The molecule has 1 fully saturated rings. The Morgan fingerprint density at radius 1 is 1.32 bits per heavy atom. The molecule has 0 spiro atoms. The van der Waals surface area contributed by atoms with E-state index in [4.69, 9.17) is 11.1 Å². The number of nitrogens with one attached hydrogen (secondary N) is 2. The first-order valence-electron chi connectivity index (χ1n) is 7.40. The van der Waals surface area contributed by atoms with Crippen LogP contribution in [0.5, 0.6) is 0 Å². The van der Waals surface area contributed by atoms with Crippen LogP contribution in [0.25, 0.3) is 0 Å². The van der Waals surface area contributed by atoms with Gasteiger partial charge in [-0.2, -0.15) is 0 Å². The SMILES string of the molecule is CCC1CCC(NC(=O)N(CC)CC)(C(=N)N)CC1. The molecule has 0 aliphatic heterocycles. The molecule has 5 nitrogen and oxygen atoms in total. The van der Waals surface area contributed by atoms with Gasteiger partial charge < -0.3 is 16.0 Å². The second-order valence-electron chi connectivity index (χ2n) is 5.45. The molecule has 0 aromatic heterocycles. The predicted molar refractivity (Wildman–Crippen MR) is 78.3 cm³/mol. The molecular formula is C14H28N4O. The Bertz CT molecular complexity index is 317. The van der Waals surface area contributed by atoms with E-state index in [1.165, 1.54) is 0 Å². The van der Waals surface area contributed by atoms with Crippen molar-refractivity contribution in [2.75, 3.05) is 13.1 Å². The Hall–Kier alpha value is -1.26. The number of carbonyl (C=O) groups is 1. The van der Waals surface area contributed by atoms with Crippen LogP contribution in [0.1, 0.15) is 52.9 Å². The van der Waals surface area contributed by atoms with E-state index in [2.05, 4.69) is 12.2 Å². The van der Waals surface area contributed by atoms with Crippen LogP contribution in [0.15, 0.2) is 0 Å². The van der Waals surface area contributed by atoms with Crippen LogP contribution < -0.4 is 11.1 Å². The molecule has 4 N–H and O–H groups in total. The fourth-order valence-electron chi connectivity index (χ4n) is 2.83. The molecule has 0 bridgehead atoms. The lowest BCUT2D eigenvalue weighted by Crippen LogP contribution is -2.61. The summed E-state index contributed by atoms with van der Waals surface area (Å²) in [4.78, 5) is 13.9. The summed E-state index contributed by atoms with van der Waals surface area (Å²) < 4.78 is 0. The number of hydrogen-bond donors (Lipinski definition) is 3. The standard InChI is InChI=1S/C14H28N4O/c1-4-11-7-9-14(10-8-11,12(15)16)17-13(19)18(5-2)6-3/h11H,4-10H2,1-3H3,(H3,15,16)(H,17,19). The zero-order valence-electron chi connectivity index (χ0n) is 12.5. The molecule has 1 saturated carbocycles. The number of carbonyl (C=O) groups excluding carboxylic acids is 1. The quantitative estimate of drug-likeness (QED) is 0.528. The van der Waals surface area contributed by atoms with Gasteiger partial charge in [0.2, 0.25) is 0 Å². The summed E-state index contributed by atoms with van der Waals surface area (Å²) in [6, 6.07) is -0.102. The van der Waals surface area contributed by atoms with Gasteiger partial charge in [-0.1, -0.05) is 13.3 Å². The van der Waals surface area contributed by atoms with Crippen LogP contribution in [-0.2, 0) is 0 Å². The lowest BCUT2D eigenvalue weighted by molar-refractivity contribution is 0.180. The van der Waals surface area contributed by atoms with Crippen LogP contribution in [0.4, 0.5) is 4.79 Å². The first-order valence-corrected chi connectivity index (χ1v) is 7.40. The number of hydrogen-bond acceptors (Lipinski definition) is 2. The van der Waals surface area contributed by atoms with E-state index in [1.54, 1.807) is 4.90 Å². The number of urea groups is 1. The van der Waals surface area contributed by atoms with Crippen LogP contribution >= 0.6 is 0 Å². The second kappa shape index (κ2) is 6.78. The topological polar surface area (TPSA) is 82.2 Å². The molecule has 1 rings (SSSR count). The summed E-state index contributed by atoms with van der Waals surface area (Å²) in [5, 5.41) is 10.9. The number of nitrogens with two attached hydrogens (primary N) is 1. The third-order valence-electron chi connectivity index (χ3n) is 4.45. The van der Waals surface area contributed by atoms with E-state index in [1.807, 2.05) is 13.8 Å². The summed E-state index contributed by atoms with van der Waals surface area (Å²) in [7, 11) is 0.